The summed E-state index contributed by atoms with van der Waals surface area (Å²) in [7, 11) is 1.25. The van der Waals surface area contributed by atoms with E-state index in [0.29, 0.717) is 0 Å². The maximum absolute atomic E-state index is 12.6. The van der Waals surface area contributed by atoms with Crippen molar-refractivity contribution in [2.45, 2.75) is 6.18 Å². The summed E-state index contributed by atoms with van der Waals surface area (Å²) in [6, 6.07) is 2.99. The lowest BCUT2D eigenvalue weighted by molar-refractivity contribution is -0.137. The van der Waals surface area contributed by atoms with E-state index in [9.17, 15) is 13.2 Å². The number of halogens is 3. The highest BCUT2D eigenvalue weighted by atomic mass is 32.1. The number of anilines is 1. The largest absolute Gasteiger partial charge is 0.497 e. The van der Waals surface area contributed by atoms with Crippen LogP contribution in [-0.2, 0) is 6.18 Å². The Labute approximate surface area is 101 Å². The minimum Gasteiger partial charge on any atom is -0.497 e. The van der Waals surface area contributed by atoms with Crippen molar-refractivity contribution in [3.05, 3.63) is 23.8 Å². The standard InChI is InChI=1S/C9H10F3N3OS/c1-16-7-3-5(9(10,11)12)2-6(4-7)15(14)8(13)17/h2-4H,14H2,1H3,(H2,13,17). The van der Waals surface area contributed by atoms with Crippen LogP contribution in [0.2, 0.25) is 0 Å². The molecule has 0 aliphatic heterocycles. The minimum atomic E-state index is -4.50. The number of hydrogen-bond donors (Lipinski definition) is 2. The van der Waals surface area contributed by atoms with Gasteiger partial charge in [-0.1, -0.05) is 0 Å². The van der Waals surface area contributed by atoms with Crippen LogP contribution in [0.5, 0.6) is 5.75 Å². The van der Waals surface area contributed by atoms with E-state index in [1.807, 2.05) is 0 Å². The van der Waals surface area contributed by atoms with Gasteiger partial charge in [0.25, 0.3) is 0 Å². The fourth-order valence-corrected chi connectivity index (χ4v) is 1.24. The third-order valence-electron chi connectivity index (χ3n) is 1.97. The minimum absolute atomic E-state index is 0.00387. The van der Waals surface area contributed by atoms with Gasteiger partial charge in [-0.3, -0.25) is 5.01 Å². The second-order valence-electron chi connectivity index (χ2n) is 3.13. The van der Waals surface area contributed by atoms with E-state index in [2.05, 4.69) is 12.2 Å². The Hall–Kier alpha value is -1.54. The van der Waals surface area contributed by atoms with E-state index in [4.69, 9.17) is 16.3 Å². The van der Waals surface area contributed by atoms with E-state index in [-0.39, 0.29) is 16.5 Å². The second-order valence-corrected chi connectivity index (χ2v) is 3.54. The van der Waals surface area contributed by atoms with Gasteiger partial charge in [0.2, 0.25) is 0 Å². The number of ether oxygens (including phenoxy) is 1. The molecule has 4 N–H and O–H groups in total. The summed E-state index contributed by atoms with van der Waals surface area (Å²) in [5, 5.41) is 0.527. The van der Waals surface area contributed by atoms with Crippen LogP contribution < -0.4 is 21.3 Å². The summed E-state index contributed by atoms with van der Waals surface area (Å²) in [6.07, 6.45) is -4.50. The number of hydrazine groups is 1. The Balaban J connectivity index is 3.28. The molecule has 0 saturated heterocycles. The topological polar surface area (TPSA) is 64.5 Å². The number of hydrogen-bond acceptors (Lipinski definition) is 3. The lowest BCUT2D eigenvalue weighted by atomic mass is 10.1. The molecule has 0 radical (unpaired) electrons. The molecule has 0 fully saturated rings. The maximum atomic E-state index is 12.6. The van der Waals surface area contributed by atoms with Gasteiger partial charge in [0, 0.05) is 6.07 Å². The summed E-state index contributed by atoms with van der Waals surface area (Å²) in [4.78, 5) is 0. The molecule has 0 aliphatic rings. The zero-order chi connectivity index (χ0) is 13.2. The predicted molar refractivity (Wildman–Crippen MR) is 61.4 cm³/mol. The molecule has 1 aromatic carbocycles. The summed E-state index contributed by atoms with van der Waals surface area (Å²) >= 11 is 4.57. The number of alkyl halides is 3. The highest BCUT2D eigenvalue weighted by molar-refractivity contribution is 7.80. The summed E-state index contributed by atoms with van der Waals surface area (Å²) in [5.41, 5.74) is 4.34. The quantitative estimate of drug-likeness (QED) is 0.483. The van der Waals surface area contributed by atoms with Gasteiger partial charge in [0.15, 0.2) is 5.11 Å². The van der Waals surface area contributed by atoms with Gasteiger partial charge < -0.3 is 10.5 Å². The van der Waals surface area contributed by atoms with Gasteiger partial charge in [0.05, 0.1) is 18.4 Å². The number of nitrogens with zero attached hydrogens (tertiary/aromatic N) is 1. The van der Waals surface area contributed by atoms with Crippen LogP contribution in [0, 0.1) is 0 Å². The Morgan fingerprint density at radius 1 is 1.35 bits per heavy atom. The van der Waals surface area contributed by atoms with Crippen LogP contribution in [-0.4, -0.2) is 12.2 Å². The third-order valence-corrected chi connectivity index (χ3v) is 2.17. The van der Waals surface area contributed by atoms with Gasteiger partial charge in [-0.15, -0.1) is 0 Å². The van der Waals surface area contributed by atoms with Crippen molar-refractivity contribution in [3.8, 4) is 5.75 Å². The first kappa shape index (κ1) is 13.5. The van der Waals surface area contributed by atoms with E-state index < -0.39 is 11.7 Å². The van der Waals surface area contributed by atoms with Gasteiger partial charge in [-0.2, -0.15) is 13.2 Å². The van der Waals surface area contributed by atoms with E-state index in [0.717, 1.165) is 17.1 Å². The molecule has 0 aliphatic carbocycles. The first-order chi connectivity index (χ1) is 7.75. The van der Waals surface area contributed by atoms with Crippen LogP contribution in [0.3, 0.4) is 0 Å². The first-order valence-electron chi connectivity index (χ1n) is 4.36. The molecule has 0 spiro atoms. The van der Waals surface area contributed by atoms with Crippen molar-refractivity contribution >= 4 is 23.0 Å². The molecule has 0 saturated carbocycles. The lowest BCUT2D eigenvalue weighted by Crippen LogP contribution is -2.41. The van der Waals surface area contributed by atoms with E-state index in [1.165, 1.54) is 13.2 Å². The van der Waals surface area contributed by atoms with E-state index >= 15 is 0 Å². The molecule has 1 rings (SSSR count). The fourth-order valence-electron chi connectivity index (χ4n) is 1.13. The molecular formula is C9H10F3N3OS. The van der Waals surface area contributed by atoms with Crippen molar-refractivity contribution in [3.63, 3.8) is 0 Å². The molecule has 0 bridgehead atoms. The van der Waals surface area contributed by atoms with Gasteiger partial charge in [0.1, 0.15) is 5.75 Å². The molecule has 0 aromatic heterocycles. The zero-order valence-corrected chi connectivity index (χ0v) is 9.60. The molecule has 0 unspecified atom stereocenters. The number of methoxy groups -OCH3 is 1. The van der Waals surface area contributed by atoms with E-state index in [1.54, 1.807) is 0 Å². The van der Waals surface area contributed by atoms with Crippen LogP contribution in [0.15, 0.2) is 18.2 Å². The average Bonchev–Trinajstić information content (AvgIpc) is 2.26. The summed E-state index contributed by atoms with van der Waals surface area (Å²) < 4.78 is 42.5. The molecule has 94 valence electrons. The summed E-state index contributed by atoms with van der Waals surface area (Å²) in [6.45, 7) is 0. The Kier molecular flexibility index (Phi) is 3.79. The van der Waals surface area contributed by atoms with Crippen LogP contribution in [0.1, 0.15) is 5.56 Å². The van der Waals surface area contributed by atoms with Crippen molar-refractivity contribution < 1.29 is 17.9 Å². The SMILES string of the molecule is COc1cc(N(N)C(N)=S)cc(C(F)(F)F)c1. The molecule has 0 amide bonds. The molecule has 1 aromatic rings. The molecular weight excluding hydrogens is 255 g/mol. The van der Waals surface area contributed by atoms with Crippen molar-refractivity contribution in [2.75, 3.05) is 12.1 Å². The molecule has 8 heteroatoms. The number of benzene rings is 1. The lowest BCUT2D eigenvalue weighted by Gasteiger charge is -2.19. The second kappa shape index (κ2) is 4.76. The van der Waals surface area contributed by atoms with Crippen molar-refractivity contribution in [1.82, 2.24) is 0 Å². The van der Waals surface area contributed by atoms with Gasteiger partial charge in [-0.25, -0.2) is 5.84 Å². The third kappa shape index (κ3) is 3.21. The van der Waals surface area contributed by atoms with Crippen LogP contribution >= 0.6 is 12.2 Å². The highest BCUT2D eigenvalue weighted by Gasteiger charge is 2.32. The zero-order valence-electron chi connectivity index (χ0n) is 8.78. The van der Waals surface area contributed by atoms with Crippen molar-refractivity contribution in [2.24, 2.45) is 11.6 Å². The first-order valence-corrected chi connectivity index (χ1v) is 4.77. The number of rotatable bonds is 2. The molecule has 0 heterocycles. The highest BCUT2D eigenvalue weighted by Crippen LogP contribution is 2.34. The Bertz CT molecular complexity index is 436. The molecule has 0 atom stereocenters. The van der Waals surface area contributed by atoms with Crippen molar-refractivity contribution in [1.29, 1.82) is 0 Å². The van der Waals surface area contributed by atoms with Crippen LogP contribution in [0.25, 0.3) is 0 Å². The van der Waals surface area contributed by atoms with Gasteiger partial charge in [-0.05, 0) is 24.4 Å². The smallest absolute Gasteiger partial charge is 0.416 e. The number of thiocarbonyl (C=S) groups is 1. The van der Waals surface area contributed by atoms with Gasteiger partial charge >= 0.3 is 6.18 Å². The summed E-state index contributed by atoms with van der Waals surface area (Å²) in [5.74, 6) is 5.43. The molecule has 17 heavy (non-hydrogen) atoms. The fraction of sp³-hybridized carbons (Fsp3) is 0.222. The normalized spacial score (nSPS) is 11.1. The molecule has 4 nitrogen and oxygen atoms in total. The Morgan fingerprint density at radius 2 is 1.94 bits per heavy atom. The van der Waals surface area contributed by atoms with Crippen LogP contribution in [0.4, 0.5) is 18.9 Å². The monoisotopic (exact) mass is 265 g/mol. The Morgan fingerprint density at radius 3 is 2.35 bits per heavy atom. The average molecular weight is 265 g/mol. The predicted octanol–water partition coefficient (Wildman–Crippen LogP) is 1.64. The number of nitrogens with two attached hydrogens (primary N) is 2. The maximum Gasteiger partial charge on any atom is 0.416 e.